The van der Waals surface area contributed by atoms with Crippen molar-refractivity contribution in [3.63, 3.8) is 0 Å². The summed E-state index contributed by atoms with van der Waals surface area (Å²) in [4.78, 5) is 2.05. The SMILES string of the molecule is C[C@H]1CNC[C@H](C)N1c1cccc(C(F)(F)F)c1. The van der Waals surface area contributed by atoms with Crippen LogP contribution in [0, 0.1) is 0 Å². The van der Waals surface area contributed by atoms with E-state index in [1.807, 2.05) is 18.7 Å². The van der Waals surface area contributed by atoms with Crippen LogP contribution in [0.25, 0.3) is 0 Å². The maximum atomic E-state index is 12.7. The number of rotatable bonds is 1. The minimum Gasteiger partial charge on any atom is -0.364 e. The topological polar surface area (TPSA) is 15.3 Å². The van der Waals surface area contributed by atoms with Gasteiger partial charge in [0.2, 0.25) is 0 Å². The van der Waals surface area contributed by atoms with E-state index in [2.05, 4.69) is 5.32 Å². The molecule has 2 rings (SSSR count). The van der Waals surface area contributed by atoms with Crippen molar-refractivity contribution in [2.75, 3.05) is 18.0 Å². The average molecular weight is 258 g/mol. The van der Waals surface area contributed by atoms with Crippen molar-refractivity contribution >= 4 is 5.69 Å². The summed E-state index contributed by atoms with van der Waals surface area (Å²) >= 11 is 0. The van der Waals surface area contributed by atoms with E-state index in [1.165, 1.54) is 12.1 Å². The van der Waals surface area contributed by atoms with Gasteiger partial charge in [-0.1, -0.05) is 6.07 Å². The molecule has 1 saturated heterocycles. The zero-order valence-electron chi connectivity index (χ0n) is 10.5. The van der Waals surface area contributed by atoms with Crippen LogP contribution in [0.5, 0.6) is 0 Å². The highest BCUT2D eigenvalue weighted by Crippen LogP contribution is 2.32. The normalized spacial score (nSPS) is 25.3. The monoisotopic (exact) mass is 258 g/mol. The third kappa shape index (κ3) is 2.61. The lowest BCUT2D eigenvalue weighted by Crippen LogP contribution is -2.55. The Hall–Kier alpha value is -1.23. The molecule has 1 aromatic rings. The van der Waals surface area contributed by atoms with Crippen molar-refractivity contribution in [2.45, 2.75) is 32.1 Å². The Morgan fingerprint density at radius 2 is 1.78 bits per heavy atom. The van der Waals surface area contributed by atoms with E-state index in [-0.39, 0.29) is 12.1 Å². The van der Waals surface area contributed by atoms with Gasteiger partial charge in [0.1, 0.15) is 0 Å². The van der Waals surface area contributed by atoms with Crippen molar-refractivity contribution in [3.8, 4) is 0 Å². The van der Waals surface area contributed by atoms with E-state index in [1.54, 1.807) is 6.07 Å². The Labute approximate surface area is 105 Å². The molecule has 2 nitrogen and oxygen atoms in total. The summed E-state index contributed by atoms with van der Waals surface area (Å²) in [6.07, 6.45) is -4.28. The third-order valence-electron chi connectivity index (χ3n) is 3.30. The number of nitrogens with one attached hydrogen (secondary N) is 1. The first-order chi connectivity index (χ1) is 8.39. The molecular weight excluding hydrogens is 241 g/mol. The number of benzene rings is 1. The molecule has 0 saturated carbocycles. The number of anilines is 1. The summed E-state index contributed by atoms with van der Waals surface area (Å²) in [5.74, 6) is 0. The summed E-state index contributed by atoms with van der Waals surface area (Å²) < 4.78 is 38.1. The number of halogens is 3. The van der Waals surface area contributed by atoms with Crippen LogP contribution in [0.3, 0.4) is 0 Å². The Morgan fingerprint density at radius 1 is 1.17 bits per heavy atom. The van der Waals surface area contributed by atoms with Crippen LogP contribution >= 0.6 is 0 Å². The number of alkyl halides is 3. The van der Waals surface area contributed by atoms with E-state index >= 15 is 0 Å². The smallest absolute Gasteiger partial charge is 0.364 e. The van der Waals surface area contributed by atoms with Gasteiger partial charge in [0.05, 0.1) is 5.56 Å². The Kier molecular flexibility index (Phi) is 3.52. The summed E-state index contributed by atoms with van der Waals surface area (Å²) in [5.41, 5.74) is 0.0595. The molecule has 1 aliphatic heterocycles. The van der Waals surface area contributed by atoms with E-state index in [9.17, 15) is 13.2 Å². The van der Waals surface area contributed by atoms with Crippen LogP contribution in [-0.2, 0) is 6.18 Å². The van der Waals surface area contributed by atoms with Crippen LogP contribution < -0.4 is 10.2 Å². The number of hydrogen-bond donors (Lipinski definition) is 1. The molecule has 1 heterocycles. The van der Waals surface area contributed by atoms with Gasteiger partial charge in [-0.3, -0.25) is 0 Å². The van der Waals surface area contributed by atoms with Crippen molar-refractivity contribution in [2.24, 2.45) is 0 Å². The molecule has 1 fully saturated rings. The largest absolute Gasteiger partial charge is 0.416 e. The number of nitrogens with zero attached hydrogens (tertiary/aromatic N) is 1. The molecule has 1 aromatic carbocycles. The molecule has 0 amide bonds. The van der Waals surface area contributed by atoms with Crippen LogP contribution in [0.1, 0.15) is 19.4 Å². The molecule has 0 aliphatic carbocycles. The van der Waals surface area contributed by atoms with Gasteiger partial charge in [-0.05, 0) is 32.0 Å². The lowest BCUT2D eigenvalue weighted by Gasteiger charge is -2.41. The first-order valence-corrected chi connectivity index (χ1v) is 6.06. The average Bonchev–Trinajstić information content (AvgIpc) is 2.28. The molecule has 2 atom stereocenters. The Balaban J connectivity index is 2.32. The number of piperazine rings is 1. The molecular formula is C13H17F3N2. The zero-order chi connectivity index (χ0) is 13.3. The second-order valence-electron chi connectivity index (χ2n) is 4.81. The second kappa shape index (κ2) is 4.80. The fourth-order valence-electron chi connectivity index (χ4n) is 2.48. The fourth-order valence-corrected chi connectivity index (χ4v) is 2.48. The predicted octanol–water partition coefficient (Wildman–Crippen LogP) is 2.89. The van der Waals surface area contributed by atoms with Gasteiger partial charge in [0.15, 0.2) is 0 Å². The van der Waals surface area contributed by atoms with Gasteiger partial charge in [0.25, 0.3) is 0 Å². The molecule has 0 unspecified atom stereocenters. The van der Waals surface area contributed by atoms with Crippen LogP contribution in [-0.4, -0.2) is 25.2 Å². The summed E-state index contributed by atoms with van der Waals surface area (Å²) in [6, 6.07) is 5.95. The van der Waals surface area contributed by atoms with Crippen molar-refractivity contribution in [3.05, 3.63) is 29.8 Å². The van der Waals surface area contributed by atoms with Crippen LogP contribution in [0.4, 0.5) is 18.9 Å². The maximum absolute atomic E-state index is 12.7. The predicted molar refractivity (Wildman–Crippen MR) is 65.7 cm³/mol. The molecule has 100 valence electrons. The lowest BCUT2D eigenvalue weighted by molar-refractivity contribution is -0.137. The molecule has 1 N–H and O–H groups in total. The lowest BCUT2D eigenvalue weighted by atomic mass is 10.1. The van der Waals surface area contributed by atoms with Crippen LogP contribution in [0.2, 0.25) is 0 Å². The maximum Gasteiger partial charge on any atom is 0.416 e. The number of hydrogen-bond acceptors (Lipinski definition) is 2. The summed E-state index contributed by atoms with van der Waals surface area (Å²) in [5, 5.41) is 3.26. The molecule has 1 aliphatic rings. The molecule has 18 heavy (non-hydrogen) atoms. The van der Waals surface area contributed by atoms with Gasteiger partial charge in [-0.25, -0.2) is 0 Å². The summed E-state index contributed by atoms with van der Waals surface area (Å²) in [7, 11) is 0. The fraction of sp³-hybridized carbons (Fsp3) is 0.538. The molecule has 0 spiro atoms. The van der Waals surface area contributed by atoms with Gasteiger partial charge in [-0.2, -0.15) is 13.2 Å². The van der Waals surface area contributed by atoms with E-state index in [4.69, 9.17) is 0 Å². The Bertz CT molecular complexity index is 407. The van der Waals surface area contributed by atoms with Crippen molar-refractivity contribution < 1.29 is 13.2 Å². The molecule has 0 aromatic heterocycles. The van der Waals surface area contributed by atoms with Gasteiger partial charge in [-0.15, -0.1) is 0 Å². The van der Waals surface area contributed by atoms with Gasteiger partial charge in [0, 0.05) is 30.9 Å². The van der Waals surface area contributed by atoms with Gasteiger partial charge >= 0.3 is 6.18 Å². The molecule has 0 radical (unpaired) electrons. The highest BCUT2D eigenvalue weighted by Gasteiger charge is 2.32. The Morgan fingerprint density at radius 3 is 2.33 bits per heavy atom. The molecule has 5 heteroatoms. The van der Waals surface area contributed by atoms with Crippen molar-refractivity contribution in [1.29, 1.82) is 0 Å². The van der Waals surface area contributed by atoms with Gasteiger partial charge < -0.3 is 10.2 Å². The summed E-state index contributed by atoms with van der Waals surface area (Å²) in [6.45, 7) is 5.62. The molecule has 0 bridgehead atoms. The van der Waals surface area contributed by atoms with Crippen LogP contribution in [0.15, 0.2) is 24.3 Å². The minimum absolute atomic E-state index is 0.192. The van der Waals surface area contributed by atoms with E-state index in [0.29, 0.717) is 5.69 Å². The third-order valence-corrected chi connectivity index (χ3v) is 3.30. The standard InChI is InChI=1S/C13H17F3N2/c1-9-7-17-8-10(2)18(9)12-5-3-4-11(6-12)13(14,15)16/h3-6,9-10,17H,7-8H2,1-2H3/t9-,10-/m0/s1. The van der Waals surface area contributed by atoms with E-state index in [0.717, 1.165) is 19.2 Å². The highest BCUT2D eigenvalue weighted by molar-refractivity contribution is 5.51. The quantitative estimate of drug-likeness (QED) is 0.833. The zero-order valence-corrected chi connectivity index (χ0v) is 10.5. The first-order valence-electron chi connectivity index (χ1n) is 6.06. The van der Waals surface area contributed by atoms with E-state index < -0.39 is 11.7 Å². The minimum atomic E-state index is -4.28. The second-order valence-corrected chi connectivity index (χ2v) is 4.81. The first kappa shape index (κ1) is 13.2. The highest BCUT2D eigenvalue weighted by atomic mass is 19.4. The van der Waals surface area contributed by atoms with Crippen molar-refractivity contribution in [1.82, 2.24) is 5.32 Å².